The first-order valence-corrected chi connectivity index (χ1v) is 6.23. The van der Waals surface area contributed by atoms with E-state index in [0.717, 1.165) is 18.2 Å². The largest absolute Gasteiger partial charge is 0.493 e. The van der Waals surface area contributed by atoms with Crippen molar-refractivity contribution < 1.29 is 9.66 Å². The van der Waals surface area contributed by atoms with Crippen molar-refractivity contribution >= 4 is 22.1 Å². The minimum absolute atomic E-state index is 0.106. The van der Waals surface area contributed by atoms with E-state index in [4.69, 9.17) is 10.5 Å². The Hall–Kier alpha value is -2.30. The maximum absolute atomic E-state index is 11.0. The molecule has 2 rings (SSSR count). The smallest absolute Gasteiger partial charge is 0.296 e. The fourth-order valence-corrected chi connectivity index (χ4v) is 1.95. The first-order chi connectivity index (χ1) is 9.15. The molecule has 0 heterocycles. The molecule has 2 aromatic carbocycles. The Morgan fingerprint density at radius 3 is 2.63 bits per heavy atom. The summed E-state index contributed by atoms with van der Waals surface area (Å²) in [5.74, 6) is 0.518. The summed E-state index contributed by atoms with van der Waals surface area (Å²) in [6.45, 7) is 2.61. The molecule has 0 aliphatic rings. The number of rotatable bonds is 5. The zero-order valence-electron chi connectivity index (χ0n) is 10.8. The van der Waals surface area contributed by atoms with Crippen molar-refractivity contribution in [3.05, 3.63) is 40.4 Å². The van der Waals surface area contributed by atoms with Crippen molar-refractivity contribution in [2.45, 2.75) is 19.8 Å². The molecule has 5 heteroatoms. The summed E-state index contributed by atoms with van der Waals surface area (Å²) in [6, 6.07) is 8.70. The Bertz CT molecular complexity index is 611. The zero-order chi connectivity index (χ0) is 13.8. The van der Waals surface area contributed by atoms with Crippen LogP contribution in [0.5, 0.6) is 5.75 Å². The maximum atomic E-state index is 11.0. The van der Waals surface area contributed by atoms with Crippen LogP contribution in [0.1, 0.15) is 19.8 Å². The molecule has 19 heavy (non-hydrogen) atoms. The molecule has 2 N–H and O–H groups in total. The molecule has 2 aromatic rings. The van der Waals surface area contributed by atoms with Gasteiger partial charge in [0.1, 0.15) is 11.4 Å². The monoisotopic (exact) mass is 260 g/mol. The highest BCUT2D eigenvalue weighted by molar-refractivity contribution is 6.01. The first kappa shape index (κ1) is 13.1. The Morgan fingerprint density at radius 2 is 2.00 bits per heavy atom. The summed E-state index contributed by atoms with van der Waals surface area (Å²) < 4.78 is 5.65. The molecule has 0 aromatic heterocycles. The van der Waals surface area contributed by atoms with E-state index >= 15 is 0 Å². The molecule has 0 radical (unpaired) electrons. The summed E-state index contributed by atoms with van der Waals surface area (Å²) in [5, 5.41) is 12.5. The number of hydrogen-bond acceptors (Lipinski definition) is 4. The molecule has 0 atom stereocenters. The van der Waals surface area contributed by atoms with Crippen LogP contribution in [-0.2, 0) is 0 Å². The fraction of sp³-hybridized carbons (Fsp3) is 0.286. The Labute approximate surface area is 111 Å². The number of fused-ring (bicyclic) bond motifs is 1. The number of benzene rings is 2. The normalized spacial score (nSPS) is 10.6. The summed E-state index contributed by atoms with van der Waals surface area (Å²) in [4.78, 5) is 10.5. The van der Waals surface area contributed by atoms with E-state index < -0.39 is 4.92 Å². The maximum Gasteiger partial charge on any atom is 0.296 e. The Morgan fingerprint density at radius 1 is 1.32 bits per heavy atom. The van der Waals surface area contributed by atoms with Crippen LogP contribution in [0.25, 0.3) is 10.8 Å². The molecule has 5 nitrogen and oxygen atoms in total. The van der Waals surface area contributed by atoms with E-state index in [9.17, 15) is 10.1 Å². The topological polar surface area (TPSA) is 78.4 Å². The third-order valence-corrected chi connectivity index (χ3v) is 2.98. The van der Waals surface area contributed by atoms with Gasteiger partial charge in [0.05, 0.1) is 17.6 Å². The van der Waals surface area contributed by atoms with Crippen LogP contribution in [0, 0.1) is 10.1 Å². The van der Waals surface area contributed by atoms with Gasteiger partial charge >= 0.3 is 0 Å². The zero-order valence-corrected chi connectivity index (χ0v) is 10.8. The van der Waals surface area contributed by atoms with Gasteiger partial charge < -0.3 is 10.5 Å². The number of nitrogens with two attached hydrogens (primary N) is 1. The highest BCUT2D eigenvalue weighted by Gasteiger charge is 2.18. The summed E-state index contributed by atoms with van der Waals surface area (Å²) in [6.07, 6.45) is 1.92. The lowest BCUT2D eigenvalue weighted by Crippen LogP contribution is -2.01. The van der Waals surface area contributed by atoms with Crippen LogP contribution in [-0.4, -0.2) is 11.5 Å². The number of nitrogens with zero attached hydrogens (tertiary/aromatic N) is 1. The second-order valence-corrected chi connectivity index (χ2v) is 4.31. The quantitative estimate of drug-likeness (QED) is 0.386. The molecule has 0 spiro atoms. The SMILES string of the molecule is CCCCOc1cc([N+](=O)[O-])c(N)c2ccccc12. The van der Waals surface area contributed by atoms with Crippen LogP contribution >= 0.6 is 0 Å². The Balaban J connectivity index is 2.54. The van der Waals surface area contributed by atoms with Crippen LogP contribution in [0.4, 0.5) is 11.4 Å². The first-order valence-electron chi connectivity index (χ1n) is 6.23. The van der Waals surface area contributed by atoms with E-state index in [1.807, 2.05) is 12.1 Å². The van der Waals surface area contributed by atoms with Crippen molar-refractivity contribution in [1.82, 2.24) is 0 Å². The van der Waals surface area contributed by atoms with E-state index in [1.54, 1.807) is 12.1 Å². The highest BCUT2D eigenvalue weighted by Crippen LogP contribution is 2.37. The van der Waals surface area contributed by atoms with Gasteiger partial charge in [-0.15, -0.1) is 0 Å². The molecular weight excluding hydrogens is 244 g/mol. The number of nitrogen functional groups attached to an aromatic ring is 1. The van der Waals surface area contributed by atoms with Crippen LogP contribution in [0.3, 0.4) is 0 Å². The lowest BCUT2D eigenvalue weighted by atomic mass is 10.1. The second-order valence-electron chi connectivity index (χ2n) is 4.31. The van der Waals surface area contributed by atoms with Crippen molar-refractivity contribution in [3.8, 4) is 5.75 Å². The van der Waals surface area contributed by atoms with Gasteiger partial charge in [-0.05, 0) is 6.42 Å². The van der Waals surface area contributed by atoms with Crippen molar-refractivity contribution in [1.29, 1.82) is 0 Å². The van der Waals surface area contributed by atoms with E-state index in [-0.39, 0.29) is 11.4 Å². The Kier molecular flexibility index (Phi) is 3.85. The molecule has 100 valence electrons. The molecule has 0 aliphatic heterocycles. The van der Waals surface area contributed by atoms with Crippen LogP contribution < -0.4 is 10.5 Å². The number of ether oxygens (including phenoxy) is 1. The van der Waals surface area contributed by atoms with Crippen LogP contribution in [0.15, 0.2) is 30.3 Å². The average molecular weight is 260 g/mol. The molecule has 0 fully saturated rings. The lowest BCUT2D eigenvalue weighted by molar-refractivity contribution is -0.383. The van der Waals surface area contributed by atoms with Crippen molar-refractivity contribution in [3.63, 3.8) is 0 Å². The van der Waals surface area contributed by atoms with Gasteiger partial charge in [0.25, 0.3) is 5.69 Å². The number of anilines is 1. The molecule has 0 amide bonds. The van der Waals surface area contributed by atoms with Crippen molar-refractivity contribution in [2.24, 2.45) is 0 Å². The van der Waals surface area contributed by atoms with Gasteiger partial charge in [-0.25, -0.2) is 0 Å². The predicted octanol–water partition coefficient (Wildman–Crippen LogP) is 3.51. The van der Waals surface area contributed by atoms with E-state index in [1.165, 1.54) is 6.07 Å². The number of hydrogen-bond donors (Lipinski definition) is 1. The van der Waals surface area contributed by atoms with Crippen molar-refractivity contribution in [2.75, 3.05) is 12.3 Å². The standard InChI is InChI=1S/C14H16N2O3/c1-2-3-8-19-13-9-12(16(17)18)14(15)11-7-5-4-6-10(11)13/h4-7,9H,2-3,8,15H2,1H3. The summed E-state index contributed by atoms with van der Waals surface area (Å²) >= 11 is 0. The number of unbranched alkanes of at least 4 members (excludes halogenated alkanes) is 1. The van der Waals surface area contributed by atoms with Gasteiger partial charge in [-0.3, -0.25) is 10.1 Å². The third-order valence-electron chi connectivity index (χ3n) is 2.98. The molecule has 0 saturated heterocycles. The molecule has 0 saturated carbocycles. The summed E-state index contributed by atoms with van der Waals surface area (Å²) in [7, 11) is 0. The van der Waals surface area contributed by atoms with Gasteiger partial charge in [0.15, 0.2) is 0 Å². The van der Waals surface area contributed by atoms with Gasteiger partial charge in [0, 0.05) is 10.8 Å². The minimum atomic E-state index is -0.478. The lowest BCUT2D eigenvalue weighted by Gasteiger charge is -2.11. The minimum Gasteiger partial charge on any atom is -0.493 e. The third kappa shape index (κ3) is 2.59. The average Bonchev–Trinajstić information content (AvgIpc) is 2.41. The van der Waals surface area contributed by atoms with Gasteiger partial charge in [0.2, 0.25) is 0 Å². The molecule has 0 unspecified atom stereocenters. The predicted molar refractivity (Wildman–Crippen MR) is 75.4 cm³/mol. The van der Waals surface area contributed by atoms with Crippen LogP contribution in [0.2, 0.25) is 0 Å². The van der Waals surface area contributed by atoms with E-state index in [2.05, 4.69) is 6.92 Å². The van der Waals surface area contributed by atoms with E-state index in [0.29, 0.717) is 17.7 Å². The van der Waals surface area contributed by atoms with Gasteiger partial charge in [-0.1, -0.05) is 37.6 Å². The molecule has 0 aliphatic carbocycles. The molecular formula is C14H16N2O3. The number of nitro groups is 1. The number of nitro benzene ring substituents is 1. The second kappa shape index (κ2) is 5.56. The molecule has 0 bridgehead atoms. The van der Waals surface area contributed by atoms with Gasteiger partial charge in [-0.2, -0.15) is 0 Å². The fourth-order valence-electron chi connectivity index (χ4n) is 1.95. The summed E-state index contributed by atoms with van der Waals surface area (Å²) in [5.41, 5.74) is 5.92. The highest BCUT2D eigenvalue weighted by atomic mass is 16.6.